The number of aryl methyl sites for hydroxylation is 1. The van der Waals surface area contributed by atoms with E-state index in [1.807, 2.05) is 22.4 Å². The van der Waals surface area contributed by atoms with Crippen LogP contribution in [-0.4, -0.2) is 50.2 Å². The van der Waals surface area contributed by atoms with E-state index in [1.54, 1.807) is 18.3 Å². The van der Waals surface area contributed by atoms with E-state index in [0.29, 0.717) is 24.5 Å². The first-order chi connectivity index (χ1) is 17.3. The number of hydrogen-bond donors (Lipinski definition) is 0. The standard InChI is InChI=1S/C25H26F3N5O2S/c1-16-11-23(25(26,27)28)30-33(16)13-19(14-34)32-9-7-18(8-10-32)24-29-21(15-36-24)20-12-22(35-31-20)17-5-3-2-4-6-17/h3,5-6,11-12,14-15,18-19H,2,4,7-10,13H2,1H3. The van der Waals surface area contributed by atoms with Crippen molar-refractivity contribution in [2.75, 3.05) is 13.1 Å². The third-order valence-electron chi connectivity index (χ3n) is 6.71. The van der Waals surface area contributed by atoms with Gasteiger partial charge in [0.2, 0.25) is 0 Å². The lowest BCUT2D eigenvalue weighted by Crippen LogP contribution is -2.44. The summed E-state index contributed by atoms with van der Waals surface area (Å²) in [5.41, 5.74) is 1.97. The van der Waals surface area contributed by atoms with Gasteiger partial charge >= 0.3 is 6.18 Å². The second kappa shape index (κ2) is 10.1. The Balaban J connectivity index is 1.20. The fourth-order valence-electron chi connectivity index (χ4n) is 4.65. The Labute approximate surface area is 210 Å². The molecule has 0 bridgehead atoms. The van der Waals surface area contributed by atoms with Crippen LogP contribution in [0.15, 0.2) is 40.3 Å². The Kier molecular flexibility index (Phi) is 6.94. The van der Waals surface area contributed by atoms with Gasteiger partial charge in [-0.1, -0.05) is 23.4 Å². The van der Waals surface area contributed by atoms with Crippen molar-refractivity contribution >= 4 is 23.2 Å². The van der Waals surface area contributed by atoms with Crippen molar-refractivity contribution in [2.24, 2.45) is 0 Å². The van der Waals surface area contributed by atoms with E-state index in [9.17, 15) is 18.0 Å². The lowest BCUT2D eigenvalue weighted by atomic mass is 9.96. The van der Waals surface area contributed by atoms with Crippen LogP contribution in [0.1, 0.15) is 53.8 Å². The van der Waals surface area contributed by atoms with Gasteiger partial charge in [0.25, 0.3) is 0 Å². The molecule has 0 N–H and O–H groups in total. The number of alkyl halides is 3. The van der Waals surface area contributed by atoms with E-state index in [1.165, 1.54) is 4.68 Å². The van der Waals surface area contributed by atoms with Gasteiger partial charge in [0, 0.05) is 28.6 Å². The molecule has 2 aliphatic rings. The molecule has 0 spiro atoms. The fraction of sp³-hybridized carbons (Fsp3) is 0.440. The van der Waals surface area contributed by atoms with Crippen molar-refractivity contribution in [3.63, 3.8) is 0 Å². The number of halogens is 3. The molecule has 4 heterocycles. The van der Waals surface area contributed by atoms with Gasteiger partial charge in [-0.05, 0) is 51.8 Å². The molecule has 11 heteroatoms. The number of allylic oxidation sites excluding steroid dienone is 4. The van der Waals surface area contributed by atoms with Gasteiger partial charge in [-0.2, -0.15) is 18.3 Å². The minimum absolute atomic E-state index is 0.0948. The summed E-state index contributed by atoms with van der Waals surface area (Å²) in [7, 11) is 0. The molecule has 1 atom stereocenters. The summed E-state index contributed by atoms with van der Waals surface area (Å²) in [6.45, 7) is 2.97. The fourth-order valence-corrected chi connectivity index (χ4v) is 5.64. The molecule has 7 nitrogen and oxygen atoms in total. The van der Waals surface area contributed by atoms with Gasteiger partial charge < -0.3 is 9.32 Å². The van der Waals surface area contributed by atoms with Crippen molar-refractivity contribution in [3.8, 4) is 11.4 Å². The van der Waals surface area contributed by atoms with E-state index in [-0.39, 0.29) is 12.5 Å². The zero-order chi connectivity index (χ0) is 25.3. The van der Waals surface area contributed by atoms with Crippen molar-refractivity contribution in [1.29, 1.82) is 0 Å². The Morgan fingerprint density at radius 2 is 2.03 bits per heavy atom. The Morgan fingerprint density at radius 3 is 2.69 bits per heavy atom. The Hall–Kier alpha value is -3.05. The zero-order valence-corrected chi connectivity index (χ0v) is 20.6. The normalized spacial score (nSPS) is 18.4. The van der Waals surface area contributed by atoms with E-state index < -0.39 is 17.9 Å². The molecular weight excluding hydrogens is 491 g/mol. The van der Waals surface area contributed by atoms with Crippen LogP contribution < -0.4 is 0 Å². The molecule has 3 aromatic heterocycles. The molecule has 190 valence electrons. The molecule has 1 aliphatic carbocycles. The van der Waals surface area contributed by atoms with Gasteiger partial charge in [-0.3, -0.25) is 9.58 Å². The quantitative estimate of drug-likeness (QED) is 0.385. The maximum Gasteiger partial charge on any atom is 0.435 e. The average Bonchev–Trinajstić information content (AvgIpc) is 3.63. The number of nitrogens with zero attached hydrogens (tertiary/aromatic N) is 5. The second-order valence-electron chi connectivity index (χ2n) is 9.15. The van der Waals surface area contributed by atoms with Gasteiger partial charge in [0.15, 0.2) is 11.5 Å². The van der Waals surface area contributed by atoms with Crippen LogP contribution in [0.5, 0.6) is 0 Å². The second-order valence-corrected chi connectivity index (χ2v) is 10.0. The summed E-state index contributed by atoms with van der Waals surface area (Å²) in [4.78, 5) is 18.6. The minimum Gasteiger partial charge on any atom is -0.356 e. The maximum absolute atomic E-state index is 13.0. The molecule has 0 saturated carbocycles. The number of thiazole rings is 1. The smallest absolute Gasteiger partial charge is 0.356 e. The van der Waals surface area contributed by atoms with Crippen LogP contribution in [0, 0.1) is 6.92 Å². The first kappa shape index (κ1) is 24.6. The van der Waals surface area contributed by atoms with Gasteiger partial charge in [-0.15, -0.1) is 11.3 Å². The van der Waals surface area contributed by atoms with Gasteiger partial charge in [0.1, 0.15) is 17.7 Å². The van der Waals surface area contributed by atoms with Crippen LogP contribution in [-0.2, 0) is 17.5 Å². The predicted octanol–water partition coefficient (Wildman–Crippen LogP) is 5.50. The molecule has 1 unspecified atom stereocenters. The summed E-state index contributed by atoms with van der Waals surface area (Å²) in [6, 6.07) is 2.39. The molecule has 3 aromatic rings. The highest BCUT2D eigenvalue weighted by molar-refractivity contribution is 7.10. The average molecular weight is 518 g/mol. The van der Waals surface area contributed by atoms with Crippen LogP contribution in [0.3, 0.4) is 0 Å². The van der Waals surface area contributed by atoms with Crippen molar-refractivity contribution in [1.82, 2.24) is 24.8 Å². The van der Waals surface area contributed by atoms with Crippen LogP contribution in [0.2, 0.25) is 0 Å². The first-order valence-corrected chi connectivity index (χ1v) is 12.8. The summed E-state index contributed by atoms with van der Waals surface area (Å²) < 4.78 is 45.7. The number of carbonyl (C=O) groups excluding carboxylic acids is 1. The largest absolute Gasteiger partial charge is 0.435 e. The monoisotopic (exact) mass is 517 g/mol. The van der Waals surface area contributed by atoms with E-state index >= 15 is 0 Å². The maximum atomic E-state index is 13.0. The Bertz CT molecular complexity index is 1280. The Morgan fingerprint density at radius 1 is 1.22 bits per heavy atom. The van der Waals surface area contributed by atoms with Gasteiger partial charge in [0.05, 0.1) is 17.6 Å². The molecular formula is C25H26F3N5O2S. The number of likely N-dealkylation sites (tertiary alicyclic amines) is 1. The highest BCUT2D eigenvalue weighted by atomic mass is 32.1. The number of hydrogen-bond acceptors (Lipinski definition) is 7. The zero-order valence-electron chi connectivity index (χ0n) is 19.7. The third-order valence-corrected chi connectivity index (χ3v) is 7.72. The lowest BCUT2D eigenvalue weighted by molar-refractivity contribution is -0.141. The summed E-state index contributed by atoms with van der Waals surface area (Å²) in [5, 5.41) is 10.9. The number of rotatable bonds is 7. The molecule has 1 saturated heterocycles. The first-order valence-electron chi connectivity index (χ1n) is 11.9. The highest BCUT2D eigenvalue weighted by Gasteiger charge is 2.35. The van der Waals surface area contributed by atoms with Crippen LogP contribution >= 0.6 is 11.3 Å². The summed E-state index contributed by atoms with van der Waals surface area (Å²) in [6.07, 6.45) is 6.25. The third kappa shape index (κ3) is 5.22. The minimum atomic E-state index is -4.50. The molecule has 1 fully saturated rings. The molecule has 5 rings (SSSR count). The lowest BCUT2D eigenvalue weighted by Gasteiger charge is -2.34. The van der Waals surface area contributed by atoms with Crippen molar-refractivity contribution in [3.05, 3.63) is 57.9 Å². The van der Waals surface area contributed by atoms with Crippen molar-refractivity contribution < 1.29 is 22.5 Å². The van der Waals surface area contributed by atoms with Crippen LogP contribution in [0.4, 0.5) is 13.2 Å². The molecule has 0 amide bonds. The van der Waals surface area contributed by atoms with Crippen molar-refractivity contribution in [2.45, 2.75) is 57.3 Å². The number of aromatic nitrogens is 4. The summed E-state index contributed by atoms with van der Waals surface area (Å²) in [5.74, 6) is 0.990. The van der Waals surface area contributed by atoms with E-state index in [0.717, 1.165) is 60.1 Å². The highest BCUT2D eigenvalue weighted by Crippen LogP contribution is 2.34. The van der Waals surface area contributed by atoms with E-state index in [4.69, 9.17) is 9.51 Å². The SMILES string of the molecule is Cc1cc(C(F)(F)F)nn1CC(C=O)N1CCC(c2nc(-c3cc(C4=CCCC=C4)on3)cs2)CC1. The molecule has 0 aromatic carbocycles. The summed E-state index contributed by atoms with van der Waals surface area (Å²) >= 11 is 1.59. The molecule has 0 radical (unpaired) electrons. The number of aldehydes is 1. The number of carbonyl (C=O) groups is 1. The predicted molar refractivity (Wildman–Crippen MR) is 129 cm³/mol. The number of piperidine rings is 1. The van der Waals surface area contributed by atoms with E-state index in [2.05, 4.69) is 22.4 Å². The molecule has 1 aliphatic heterocycles. The van der Waals surface area contributed by atoms with Gasteiger partial charge in [-0.25, -0.2) is 4.98 Å². The molecule has 36 heavy (non-hydrogen) atoms. The van der Waals surface area contributed by atoms with Crippen LogP contribution in [0.25, 0.3) is 17.0 Å². The topological polar surface area (TPSA) is 77.0 Å².